The van der Waals surface area contributed by atoms with E-state index in [4.69, 9.17) is 4.74 Å². The Kier molecular flexibility index (Phi) is 9.24. The highest BCUT2D eigenvalue weighted by molar-refractivity contribution is 7.92. The zero-order valence-corrected chi connectivity index (χ0v) is 24.4. The number of imidazole rings is 1. The van der Waals surface area contributed by atoms with E-state index in [2.05, 4.69) is 15.0 Å². The summed E-state index contributed by atoms with van der Waals surface area (Å²) in [6.45, 7) is 3.91. The molecule has 13 heteroatoms. The molecule has 1 aliphatic heterocycles. The minimum absolute atomic E-state index is 0.0692. The molecule has 3 amide bonds. The van der Waals surface area contributed by atoms with E-state index in [0.29, 0.717) is 0 Å². The van der Waals surface area contributed by atoms with E-state index >= 15 is 0 Å². The Morgan fingerprint density at radius 2 is 2.00 bits per heavy atom. The molecular weight excluding hydrogens is 536 g/mol. The third-order valence-corrected chi connectivity index (χ3v) is 8.88. The van der Waals surface area contributed by atoms with E-state index in [9.17, 15) is 23.1 Å². The number of carbonyl (C=O) groups is 2. The predicted molar refractivity (Wildman–Crippen MR) is 150 cm³/mol. The summed E-state index contributed by atoms with van der Waals surface area (Å²) in [5.74, 6) is -0.569. The summed E-state index contributed by atoms with van der Waals surface area (Å²) in [5.41, 5.74) is 0.245. The number of aliphatic hydroxyl groups excluding tert-OH is 1. The normalized spacial score (nSPS) is 21.0. The van der Waals surface area contributed by atoms with Gasteiger partial charge in [-0.05, 0) is 31.9 Å². The molecule has 4 rings (SSSR count). The Morgan fingerprint density at radius 3 is 2.65 bits per heavy atom. The molecule has 2 heterocycles. The van der Waals surface area contributed by atoms with Crippen molar-refractivity contribution >= 4 is 27.6 Å². The quantitative estimate of drug-likeness (QED) is 0.437. The van der Waals surface area contributed by atoms with Gasteiger partial charge in [0.25, 0.3) is 15.9 Å². The second kappa shape index (κ2) is 12.5. The van der Waals surface area contributed by atoms with E-state index in [0.717, 1.165) is 25.7 Å². The standard InChI is InChI=1S/C27H40N6O6S/c1-18-13-33(19(2)16-34)26(35)21-11-8-12-22(30-40(37,38)24-15-31(3)17-28-24)25(21)39-23(18)14-32(4)27(36)29-20-9-6-5-7-10-20/h8,11-12,15,17-20,23,30,34H,5-7,9-10,13-14,16H2,1-4H3,(H,29,36)/t18-,19+,23-/m0/s1. The molecule has 0 radical (unpaired) electrons. The van der Waals surface area contributed by atoms with E-state index in [1.165, 1.54) is 29.6 Å². The number of rotatable bonds is 8. The maximum atomic E-state index is 13.7. The number of aryl methyl sites for hydroxylation is 1. The molecule has 3 atom stereocenters. The van der Waals surface area contributed by atoms with Gasteiger partial charge < -0.3 is 29.5 Å². The number of ether oxygens (including phenoxy) is 1. The van der Waals surface area contributed by atoms with Crippen molar-refractivity contribution in [2.24, 2.45) is 13.0 Å². The molecule has 12 nitrogen and oxygen atoms in total. The van der Waals surface area contributed by atoms with Gasteiger partial charge in [-0.1, -0.05) is 32.3 Å². The van der Waals surface area contributed by atoms with Gasteiger partial charge in [0.2, 0.25) is 0 Å². The molecule has 3 N–H and O–H groups in total. The lowest BCUT2D eigenvalue weighted by molar-refractivity contribution is 0.0368. The lowest BCUT2D eigenvalue weighted by atomic mass is 9.96. The van der Waals surface area contributed by atoms with Gasteiger partial charge >= 0.3 is 6.03 Å². The Labute approximate surface area is 235 Å². The van der Waals surface area contributed by atoms with Gasteiger partial charge in [-0.2, -0.15) is 8.42 Å². The van der Waals surface area contributed by atoms with Crippen LogP contribution < -0.4 is 14.8 Å². The third-order valence-electron chi connectivity index (χ3n) is 7.63. The number of para-hydroxylation sites is 1. The van der Waals surface area contributed by atoms with Crippen LogP contribution in [0.5, 0.6) is 5.75 Å². The molecule has 0 unspecified atom stereocenters. The van der Waals surface area contributed by atoms with Crippen molar-refractivity contribution in [1.29, 1.82) is 0 Å². The number of sulfonamides is 1. The maximum absolute atomic E-state index is 13.7. The van der Waals surface area contributed by atoms with Crippen molar-refractivity contribution in [3.63, 3.8) is 0 Å². The number of carbonyl (C=O) groups excluding carboxylic acids is 2. The Balaban J connectivity index is 1.66. The van der Waals surface area contributed by atoms with Gasteiger partial charge in [0.05, 0.1) is 36.8 Å². The average molecular weight is 577 g/mol. The van der Waals surface area contributed by atoms with Crippen LogP contribution in [-0.4, -0.2) is 89.7 Å². The lowest BCUT2D eigenvalue weighted by Gasteiger charge is -2.38. The molecular formula is C27H40N6O6S. The number of aliphatic hydroxyl groups is 1. The van der Waals surface area contributed by atoms with Gasteiger partial charge in [0.1, 0.15) is 6.10 Å². The Hall–Kier alpha value is -3.32. The fourth-order valence-corrected chi connectivity index (χ4v) is 6.20. The largest absolute Gasteiger partial charge is 0.485 e. The minimum Gasteiger partial charge on any atom is -0.485 e. The molecule has 1 fully saturated rings. The first kappa shape index (κ1) is 29.7. The van der Waals surface area contributed by atoms with Crippen molar-refractivity contribution in [3.8, 4) is 5.75 Å². The van der Waals surface area contributed by atoms with Crippen LogP contribution in [0.3, 0.4) is 0 Å². The van der Waals surface area contributed by atoms with Crippen molar-refractivity contribution in [2.75, 3.05) is 31.5 Å². The number of fused-ring (bicyclic) bond motifs is 1. The molecule has 1 aromatic carbocycles. The number of hydrogen-bond acceptors (Lipinski definition) is 7. The highest BCUT2D eigenvalue weighted by Gasteiger charge is 2.36. The second-order valence-corrected chi connectivity index (χ2v) is 12.6. The fraction of sp³-hybridized carbons (Fsp3) is 0.593. The number of amides is 3. The van der Waals surface area contributed by atoms with Crippen LogP contribution in [0.2, 0.25) is 0 Å². The predicted octanol–water partition coefficient (Wildman–Crippen LogP) is 2.42. The molecule has 0 spiro atoms. The molecule has 1 aromatic heterocycles. The van der Waals surface area contributed by atoms with Crippen LogP contribution in [0.1, 0.15) is 56.3 Å². The topological polar surface area (TPSA) is 146 Å². The monoisotopic (exact) mass is 576 g/mol. The second-order valence-electron chi connectivity index (χ2n) is 11.0. The van der Waals surface area contributed by atoms with Crippen LogP contribution in [-0.2, 0) is 17.1 Å². The summed E-state index contributed by atoms with van der Waals surface area (Å²) >= 11 is 0. The summed E-state index contributed by atoms with van der Waals surface area (Å²) < 4.78 is 36.7. The van der Waals surface area contributed by atoms with Gasteiger partial charge in [0, 0.05) is 38.8 Å². The van der Waals surface area contributed by atoms with E-state index in [-0.39, 0.29) is 65.6 Å². The summed E-state index contributed by atoms with van der Waals surface area (Å²) in [7, 11) is -0.725. The van der Waals surface area contributed by atoms with Crippen molar-refractivity contribution in [1.82, 2.24) is 24.7 Å². The number of anilines is 1. The number of likely N-dealkylation sites (N-methyl/N-ethyl adjacent to an activating group) is 1. The van der Waals surface area contributed by atoms with Gasteiger partial charge in [-0.3, -0.25) is 9.52 Å². The molecule has 40 heavy (non-hydrogen) atoms. The Bertz CT molecular complexity index is 1310. The summed E-state index contributed by atoms with van der Waals surface area (Å²) in [5, 5.41) is 12.8. The highest BCUT2D eigenvalue weighted by Crippen LogP contribution is 2.36. The fourth-order valence-electron chi connectivity index (χ4n) is 5.15. The van der Waals surface area contributed by atoms with E-state index < -0.39 is 22.2 Å². The number of nitrogens with one attached hydrogen (secondary N) is 2. The zero-order valence-electron chi connectivity index (χ0n) is 23.5. The number of benzene rings is 1. The minimum atomic E-state index is -4.08. The molecule has 1 saturated carbocycles. The number of hydrogen-bond donors (Lipinski definition) is 3. The lowest BCUT2D eigenvalue weighted by Crippen LogP contribution is -2.52. The summed E-state index contributed by atoms with van der Waals surface area (Å²) in [6, 6.07) is 4.12. The molecule has 0 saturated heterocycles. The van der Waals surface area contributed by atoms with Gasteiger partial charge in [-0.15, -0.1) is 0 Å². The SMILES string of the molecule is C[C@H](CO)N1C[C@H](C)[C@H](CN(C)C(=O)NC2CCCCC2)Oc2c(NS(=O)(=O)c3cn(C)cn3)cccc2C1=O. The van der Waals surface area contributed by atoms with E-state index in [1.54, 1.807) is 43.0 Å². The molecule has 2 aliphatic rings. The van der Waals surface area contributed by atoms with Crippen molar-refractivity contribution in [3.05, 3.63) is 36.3 Å². The molecule has 2 aromatic rings. The maximum Gasteiger partial charge on any atom is 0.317 e. The smallest absolute Gasteiger partial charge is 0.317 e. The van der Waals surface area contributed by atoms with Crippen molar-refractivity contribution < 1.29 is 27.9 Å². The Morgan fingerprint density at radius 1 is 1.27 bits per heavy atom. The van der Waals surface area contributed by atoms with Crippen molar-refractivity contribution in [2.45, 2.75) is 69.2 Å². The van der Waals surface area contributed by atoms with Gasteiger partial charge in [0.15, 0.2) is 10.8 Å². The molecule has 0 bridgehead atoms. The summed E-state index contributed by atoms with van der Waals surface area (Å²) in [4.78, 5) is 33.8. The summed E-state index contributed by atoms with van der Waals surface area (Å²) in [6.07, 6.45) is 7.46. The average Bonchev–Trinajstić information content (AvgIpc) is 3.38. The third kappa shape index (κ3) is 6.69. The van der Waals surface area contributed by atoms with Crippen LogP contribution in [0.4, 0.5) is 10.5 Å². The highest BCUT2D eigenvalue weighted by atomic mass is 32.2. The van der Waals surface area contributed by atoms with Crippen LogP contribution in [0, 0.1) is 5.92 Å². The number of nitrogens with zero attached hydrogens (tertiary/aromatic N) is 4. The van der Waals surface area contributed by atoms with Crippen LogP contribution in [0.15, 0.2) is 35.7 Å². The first-order valence-electron chi connectivity index (χ1n) is 13.7. The van der Waals surface area contributed by atoms with E-state index in [1.807, 2.05) is 6.92 Å². The van der Waals surface area contributed by atoms with Gasteiger partial charge in [-0.25, -0.2) is 9.78 Å². The first-order chi connectivity index (χ1) is 19.0. The van der Waals surface area contributed by atoms with Crippen LogP contribution >= 0.6 is 0 Å². The van der Waals surface area contributed by atoms with Crippen LogP contribution in [0.25, 0.3) is 0 Å². The molecule has 1 aliphatic carbocycles. The zero-order chi connectivity index (χ0) is 29.0. The first-order valence-corrected chi connectivity index (χ1v) is 15.2. The number of aromatic nitrogens is 2. The number of urea groups is 1. The molecule has 220 valence electrons.